The quantitative estimate of drug-likeness (QED) is 0.479. The smallest absolute Gasteiger partial charge is 0.407 e. The van der Waals surface area contributed by atoms with Gasteiger partial charge in [0.25, 0.3) is 11.6 Å². The Balaban J connectivity index is 2.39. The average Bonchev–Trinajstić information content (AvgIpc) is 2.41. The number of nitro groups is 1. The van der Waals surface area contributed by atoms with E-state index in [1.165, 1.54) is 12.3 Å². The van der Waals surface area contributed by atoms with Crippen LogP contribution < -0.4 is 10.6 Å². The first-order chi connectivity index (χ1) is 10.2. The molecule has 0 bridgehead atoms. The zero-order valence-electron chi connectivity index (χ0n) is 12.6. The van der Waals surface area contributed by atoms with Crippen molar-refractivity contribution in [2.45, 2.75) is 26.4 Å². The molecule has 1 heterocycles. The lowest BCUT2D eigenvalue weighted by Crippen LogP contribution is -2.38. The number of rotatable bonds is 5. The molecule has 9 heteroatoms. The van der Waals surface area contributed by atoms with E-state index in [9.17, 15) is 19.7 Å². The highest BCUT2D eigenvalue weighted by molar-refractivity contribution is 5.92. The number of carbonyl (C=O) groups excluding carboxylic acids is 2. The number of alkyl carbamates (subject to hydrolysis) is 1. The molecular formula is C13H18N4O5. The number of pyridine rings is 1. The highest BCUT2D eigenvalue weighted by atomic mass is 16.6. The van der Waals surface area contributed by atoms with Crippen molar-refractivity contribution in [1.29, 1.82) is 0 Å². The Labute approximate surface area is 127 Å². The van der Waals surface area contributed by atoms with Crippen molar-refractivity contribution in [2.24, 2.45) is 0 Å². The number of amides is 2. The van der Waals surface area contributed by atoms with E-state index in [0.717, 1.165) is 6.07 Å². The topological polar surface area (TPSA) is 123 Å². The maximum absolute atomic E-state index is 11.8. The van der Waals surface area contributed by atoms with E-state index in [1.807, 2.05) is 0 Å². The summed E-state index contributed by atoms with van der Waals surface area (Å²) in [6.45, 7) is 5.52. The van der Waals surface area contributed by atoms with Gasteiger partial charge in [0.1, 0.15) is 11.3 Å². The number of hydrogen-bond acceptors (Lipinski definition) is 6. The molecule has 0 aliphatic rings. The first-order valence-corrected chi connectivity index (χ1v) is 6.54. The monoisotopic (exact) mass is 310 g/mol. The summed E-state index contributed by atoms with van der Waals surface area (Å²) in [5.41, 5.74) is -0.876. The first-order valence-electron chi connectivity index (χ1n) is 6.54. The summed E-state index contributed by atoms with van der Waals surface area (Å²) in [7, 11) is 0. The van der Waals surface area contributed by atoms with Crippen LogP contribution in [-0.4, -0.2) is 40.6 Å². The molecule has 9 nitrogen and oxygen atoms in total. The second-order valence-electron chi connectivity index (χ2n) is 5.34. The van der Waals surface area contributed by atoms with Gasteiger partial charge in [-0.1, -0.05) is 0 Å². The molecule has 22 heavy (non-hydrogen) atoms. The van der Waals surface area contributed by atoms with E-state index in [2.05, 4.69) is 15.6 Å². The van der Waals surface area contributed by atoms with Crippen molar-refractivity contribution in [2.75, 3.05) is 13.1 Å². The predicted molar refractivity (Wildman–Crippen MR) is 77.5 cm³/mol. The molecule has 2 amide bonds. The Morgan fingerprint density at radius 3 is 2.55 bits per heavy atom. The van der Waals surface area contributed by atoms with Crippen LogP contribution >= 0.6 is 0 Å². The van der Waals surface area contributed by atoms with Crippen molar-refractivity contribution in [3.63, 3.8) is 0 Å². The Morgan fingerprint density at radius 2 is 1.95 bits per heavy atom. The molecule has 0 atom stereocenters. The fourth-order valence-electron chi connectivity index (χ4n) is 1.40. The van der Waals surface area contributed by atoms with Gasteiger partial charge in [-0.3, -0.25) is 19.9 Å². The zero-order valence-corrected chi connectivity index (χ0v) is 12.6. The molecule has 1 aromatic rings. The largest absolute Gasteiger partial charge is 0.444 e. The van der Waals surface area contributed by atoms with Gasteiger partial charge in [-0.25, -0.2) is 4.79 Å². The van der Waals surface area contributed by atoms with E-state index < -0.39 is 22.5 Å². The van der Waals surface area contributed by atoms with E-state index in [-0.39, 0.29) is 24.5 Å². The minimum absolute atomic E-state index is 0.0635. The molecule has 0 saturated heterocycles. The molecule has 0 aromatic carbocycles. The molecule has 0 fully saturated rings. The molecule has 1 aromatic heterocycles. The molecule has 0 aliphatic heterocycles. The van der Waals surface area contributed by atoms with Crippen LogP contribution in [0, 0.1) is 10.1 Å². The maximum Gasteiger partial charge on any atom is 0.407 e. The van der Waals surface area contributed by atoms with Crippen LogP contribution in [-0.2, 0) is 4.74 Å². The molecule has 0 saturated carbocycles. The number of ether oxygens (including phenoxy) is 1. The Hall–Kier alpha value is -2.71. The molecule has 120 valence electrons. The van der Waals surface area contributed by atoms with Gasteiger partial charge < -0.3 is 15.4 Å². The second-order valence-corrected chi connectivity index (χ2v) is 5.34. The van der Waals surface area contributed by atoms with Crippen LogP contribution in [0.4, 0.5) is 10.5 Å². The van der Waals surface area contributed by atoms with E-state index in [1.54, 1.807) is 20.8 Å². The van der Waals surface area contributed by atoms with Gasteiger partial charge in [0.05, 0.1) is 4.92 Å². The van der Waals surface area contributed by atoms with E-state index in [0.29, 0.717) is 0 Å². The van der Waals surface area contributed by atoms with Crippen molar-refractivity contribution in [1.82, 2.24) is 15.6 Å². The molecular weight excluding hydrogens is 292 g/mol. The third-order valence-electron chi connectivity index (χ3n) is 2.27. The SMILES string of the molecule is CC(C)(C)OC(=O)NCCNC(=O)c1cc([N+](=O)[O-])ccn1. The van der Waals surface area contributed by atoms with Gasteiger partial charge >= 0.3 is 6.09 Å². The maximum atomic E-state index is 11.8. The normalized spacial score (nSPS) is 10.7. The number of aromatic nitrogens is 1. The summed E-state index contributed by atoms with van der Waals surface area (Å²) in [4.78, 5) is 36.9. The predicted octanol–water partition coefficient (Wildman–Crippen LogP) is 1.24. The Kier molecular flexibility index (Phi) is 5.79. The van der Waals surface area contributed by atoms with Crippen LogP contribution in [0.25, 0.3) is 0 Å². The summed E-state index contributed by atoms with van der Waals surface area (Å²) in [6.07, 6.45) is 0.599. The van der Waals surface area contributed by atoms with Crippen molar-refractivity contribution < 1.29 is 19.2 Å². The highest BCUT2D eigenvalue weighted by Gasteiger charge is 2.16. The summed E-state index contributed by atoms with van der Waals surface area (Å²) in [5.74, 6) is -0.560. The molecule has 0 spiro atoms. The molecule has 0 radical (unpaired) electrons. The minimum Gasteiger partial charge on any atom is -0.444 e. The molecule has 1 rings (SSSR count). The number of nitrogens with one attached hydrogen (secondary N) is 2. The zero-order chi connectivity index (χ0) is 16.8. The Morgan fingerprint density at radius 1 is 1.32 bits per heavy atom. The van der Waals surface area contributed by atoms with E-state index in [4.69, 9.17) is 4.74 Å². The summed E-state index contributed by atoms with van der Waals surface area (Å²) in [5, 5.41) is 15.6. The summed E-state index contributed by atoms with van der Waals surface area (Å²) >= 11 is 0. The van der Waals surface area contributed by atoms with Gasteiger partial charge in [0.15, 0.2) is 0 Å². The standard InChI is InChI=1S/C13H18N4O5/c1-13(2,3)22-12(19)16-7-6-15-11(18)10-8-9(17(20)21)4-5-14-10/h4-5,8H,6-7H2,1-3H3,(H,15,18)(H,16,19). The number of nitrogens with zero attached hydrogens (tertiary/aromatic N) is 2. The molecule has 2 N–H and O–H groups in total. The van der Waals surface area contributed by atoms with Crippen molar-refractivity contribution in [3.05, 3.63) is 34.1 Å². The minimum atomic E-state index is -0.609. The van der Waals surface area contributed by atoms with Gasteiger partial charge in [-0.2, -0.15) is 0 Å². The van der Waals surface area contributed by atoms with Crippen LogP contribution in [0.1, 0.15) is 31.3 Å². The fraction of sp³-hybridized carbons (Fsp3) is 0.462. The van der Waals surface area contributed by atoms with Gasteiger partial charge in [0.2, 0.25) is 0 Å². The van der Waals surface area contributed by atoms with Crippen LogP contribution in [0.15, 0.2) is 18.3 Å². The third kappa shape index (κ3) is 6.16. The van der Waals surface area contributed by atoms with Crippen LogP contribution in [0.2, 0.25) is 0 Å². The number of hydrogen-bond donors (Lipinski definition) is 2. The third-order valence-corrected chi connectivity index (χ3v) is 2.27. The highest BCUT2D eigenvalue weighted by Crippen LogP contribution is 2.10. The van der Waals surface area contributed by atoms with Crippen LogP contribution in [0.5, 0.6) is 0 Å². The summed E-state index contributed by atoms with van der Waals surface area (Å²) in [6, 6.07) is 2.28. The summed E-state index contributed by atoms with van der Waals surface area (Å²) < 4.78 is 5.02. The lowest BCUT2D eigenvalue weighted by Gasteiger charge is -2.19. The second kappa shape index (κ2) is 7.34. The van der Waals surface area contributed by atoms with Crippen molar-refractivity contribution >= 4 is 17.7 Å². The van der Waals surface area contributed by atoms with E-state index >= 15 is 0 Å². The first kappa shape index (κ1) is 17.3. The van der Waals surface area contributed by atoms with Gasteiger partial charge in [-0.15, -0.1) is 0 Å². The lowest BCUT2D eigenvalue weighted by molar-refractivity contribution is -0.385. The average molecular weight is 310 g/mol. The molecule has 0 unspecified atom stereocenters. The van der Waals surface area contributed by atoms with Gasteiger partial charge in [0, 0.05) is 31.4 Å². The van der Waals surface area contributed by atoms with Crippen molar-refractivity contribution in [3.8, 4) is 0 Å². The van der Waals surface area contributed by atoms with Crippen LogP contribution in [0.3, 0.4) is 0 Å². The number of carbonyl (C=O) groups is 2. The Bertz CT molecular complexity index is 568. The van der Waals surface area contributed by atoms with Gasteiger partial charge in [-0.05, 0) is 20.8 Å². The molecule has 0 aliphatic carbocycles. The lowest BCUT2D eigenvalue weighted by atomic mass is 10.2. The fourth-order valence-corrected chi connectivity index (χ4v) is 1.40.